The van der Waals surface area contributed by atoms with Crippen LogP contribution in [0, 0.1) is 0 Å². The van der Waals surface area contributed by atoms with Crippen molar-refractivity contribution in [2.24, 2.45) is 0 Å². The smallest absolute Gasteiger partial charge is 0.167 e. The number of benzene rings is 8. The normalized spacial score (nSPS) is 11.6. The lowest BCUT2D eigenvalue weighted by Crippen LogP contribution is -2.00. The van der Waals surface area contributed by atoms with Crippen LogP contribution in [0.5, 0.6) is 0 Å². The molecule has 0 saturated heterocycles. The Labute approximate surface area is 322 Å². The number of hydrogen-bond acceptors (Lipinski definition) is 4. The molecule has 0 amide bonds. The van der Waals surface area contributed by atoms with Crippen LogP contribution in [-0.2, 0) is 0 Å². The van der Waals surface area contributed by atoms with Gasteiger partial charge in [-0.15, -0.1) is 0 Å². The van der Waals surface area contributed by atoms with Gasteiger partial charge in [0.05, 0.1) is 16.6 Å². The fraction of sp³-hybridized carbons (Fsp3) is 0. The number of rotatable bonds is 6. The molecule has 8 aromatic carbocycles. The van der Waals surface area contributed by atoms with E-state index in [1.807, 2.05) is 42.5 Å². The lowest BCUT2D eigenvalue weighted by Gasteiger charge is -2.10. The summed E-state index contributed by atoms with van der Waals surface area (Å²) in [4.78, 5) is 15.2. The summed E-state index contributed by atoms with van der Waals surface area (Å²) in [5.41, 5.74) is 12.2. The second kappa shape index (κ2) is 13.0. The van der Waals surface area contributed by atoms with Gasteiger partial charge in [-0.25, -0.2) is 15.0 Å². The maximum Gasteiger partial charge on any atom is 0.167 e. The van der Waals surface area contributed by atoms with Crippen molar-refractivity contribution < 1.29 is 4.42 Å². The zero-order valence-corrected chi connectivity index (χ0v) is 30.2. The Morgan fingerprint density at radius 2 is 0.893 bits per heavy atom. The average Bonchev–Trinajstić information content (AvgIpc) is 3.82. The lowest BCUT2D eigenvalue weighted by molar-refractivity contribution is 0.669. The van der Waals surface area contributed by atoms with Gasteiger partial charge >= 0.3 is 0 Å². The highest BCUT2D eigenvalue weighted by Crippen LogP contribution is 2.40. The topological polar surface area (TPSA) is 56.7 Å². The fourth-order valence-electron chi connectivity index (χ4n) is 7.97. The molecule has 0 N–H and O–H groups in total. The molecule has 0 fully saturated rings. The van der Waals surface area contributed by atoms with Crippen LogP contribution in [0.3, 0.4) is 0 Å². The third-order valence-electron chi connectivity index (χ3n) is 10.7. The molecule has 11 aromatic rings. The molecule has 0 bridgehead atoms. The Morgan fingerprint density at radius 1 is 0.339 bits per heavy atom. The first-order chi connectivity index (χ1) is 27.7. The quantitative estimate of drug-likeness (QED) is 0.172. The van der Waals surface area contributed by atoms with Gasteiger partial charge in [-0.05, 0) is 76.9 Å². The maximum atomic E-state index is 6.67. The predicted molar refractivity (Wildman–Crippen MR) is 229 cm³/mol. The SMILES string of the molecule is c1ccc(-c2cccc(-c3nc(-c4ccccc4)nc(-c4cccc5c4oc4ccc(-c6ccc7c(c6)c6ccccc6n7-c6ccccc6)cc45)n3)c2)cc1. The van der Waals surface area contributed by atoms with E-state index in [9.17, 15) is 0 Å². The number of furan rings is 1. The minimum absolute atomic E-state index is 0.559. The molecular weight excluding hydrogens is 685 g/mol. The monoisotopic (exact) mass is 716 g/mol. The van der Waals surface area contributed by atoms with Crippen molar-refractivity contribution in [3.8, 4) is 62.1 Å². The van der Waals surface area contributed by atoms with Crippen LogP contribution in [0.4, 0.5) is 0 Å². The first-order valence-electron chi connectivity index (χ1n) is 18.8. The Morgan fingerprint density at radius 3 is 1.70 bits per heavy atom. The van der Waals surface area contributed by atoms with Crippen LogP contribution in [0.1, 0.15) is 0 Å². The number of hydrogen-bond donors (Lipinski definition) is 0. The van der Waals surface area contributed by atoms with Gasteiger partial charge < -0.3 is 8.98 Å². The Kier molecular flexibility index (Phi) is 7.42. The molecule has 0 aliphatic rings. The first-order valence-corrected chi connectivity index (χ1v) is 18.8. The zero-order chi connectivity index (χ0) is 37.0. The average molecular weight is 717 g/mol. The molecule has 0 atom stereocenters. The maximum absolute atomic E-state index is 6.67. The molecule has 0 radical (unpaired) electrons. The van der Waals surface area contributed by atoms with Crippen LogP contribution in [-0.4, -0.2) is 19.5 Å². The van der Waals surface area contributed by atoms with Gasteiger partial charge in [0.1, 0.15) is 11.2 Å². The van der Waals surface area contributed by atoms with E-state index >= 15 is 0 Å². The van der Waals surface area contributed by atoms with E-state index in [1.54, 1.807) is 0 Å². The van der Waals surface area contributed by atoms with E-state index in [4.69, 9.17) is 19.4 Å². The van der Waals surface area contributed by atoms with Gasteiger partial charge in [0.15, 0.2) is 17.5 Å². The molecule has 0 spiro atoms. The van der Waals surface area contributed by atoms with Crippen molar-refractivity contribution in [3.63, 3.8) is 0 Å². The summed E-state index contributed by atoms with van der Waals surface area (Å²) in [6.07, 6.45) is 0. The Bertz CT molecular complexity index is 3240. The molecular formula is C51H32N4O. The molecule has 0 unspecified atom stereocenters. The lowest BCUT2D eigenvalue weighted by atomic mass is 10.00. The van der Waals surface area contributed by atoms with Crippen molar-refractivity contribution in [1.29, 1.82) is 0 Å². The number of fused-ring (bicyclic) bond motifs is 6. The van der Waals surface area contributed by atoms with Gasteiger partial charge in [-0.1, -0.05) is 140 Å². The minimum Gasteiger partial charge on any atom is -0.455 e. The molecule has 5 heteroatoms. The summed E-state index contributed by atoms with van der Waals surface area (Å²) in [5.74, 6) is 1.77. The van der Waals surface area contributed by atoms with E-state index in [2.05, 4.69) is 156 Å². The van der Waals surface area contributed by atoms with Crippen molar-refractivity contribution in [1.82, 2.24) is 19.5 Å². The van der Waals surface area contributed by atoms with Crippen LogP contribution < -0.4 is 0 Å². The molecule has 0 saturated carbocycles. The van der Waals surface area contributed by atoms with Crippen molar-refractivity contribution >= 4 is 43.7 Å². The van der Waals surface area contributed by atoms with E-state index in [1.165, 1.54) is 21.8 Å². The summed E-state index contributed by atoms with van der Waals surface area (Å²) in [6.45, 7) is 0. The molecule has 5 nitrogen and oxygen atoms in total. The molecule has 0 aliphatic heterocycles. The largest absolute Gasteiger partial charge is 0.455 e. The highest BCUT2D eigenvalue weighted by molar-refractivity contribution is 6.12. The van der Waals surface area contributed by atoms with E-state index in [0.29, 0.717) is 17.5 Å². The third kappa shape index (κ3) is 5.37. The van der Waals surface area contributed by atoms with Crippen LogP contribution in [0.2, 0.25) is 0 Å². The highest BCUT2D eigenvalue weighted by atomic mass is 16.3. The van der Waals surface area contributed by atoms with Gasteiger partial charge in [-0.3, -0.25) is 0 Å². The number of para-hydroxylation sites is 3. The number of nitrogens with zero attached hydrogens (tertiary/aromatic N) is 4. The first kappa shape index (κ1) is 31.9. The Balaban J connectivity index is 1.05. The molecule has 3 heterocycles. The third-order valence-corrected chi connectivity index (χ3v) is 10.7. The van der Waals surface area contributed by atoms with Crippen molar-refractivity contribution in [2.45, 2.75) is 0 Å². The van der Waals surface area contributed by atoms with Crippen LogP contribution >= 0.6 is 0 Å². The minimum atomic E-state index is 0.559. The zero-order valence-electron chi connectivity index (χ0n) is 30.2. The second-order valence-electron chi connectivity index (χ2n) is 14.0. The standard InChI is InChI=1S/C51H32N4O/c1-4-14-33(15-5-1)35-18-12-19-38(30-35)50-52-49(34-16-6-2-7-17-34)53-51(54-50)42-24-13-23-41-44-32-37(27-29-47(44)56-48(41)42)36-26-28-46-43(31-36)40-22-10-11-25-45(40)55(46)39-20-8-3-9-21-39/h1-32H. The molecule has 262 valence electrons. The van der Waals surface area contributed by atoms with Gasteiger partial charge in [-0.2, -0.15) is 0 Å². The molecule has 11 rings (SSSR count). The Hall–Kier alpha value is -7.63. The van der Waals surface area contributed by atoms with E-state index < -0.39 is 0 Å². The van der Waals surface area contributed by atoms with E-state index in [-0.39, 0.29) is 0 Å². The summed E-state index contributed by atoms with van der Waals surface area (Å²) >= 11 is 0. The molecule has 3 aromatic heterocycles. The molecule has 56 heavy (non-hydrogen) atoms. The predicted octanol–water partition coefficient (Wildman–Crippen LogP) is 13.2. The van der Waals surface area contributed by atoms with Gasteiger partial charge in [0.25, 0.3) is 0 Å². The summed E-state index contributed by atoms with van der Waals surface area (Å²) < 4.78 is 9.02. The fourth-order valence-corrected chi connectivity index (χ4v) is 7.97. The summed E-state index contributed by atoms with van der Waals surface area (Å²) in [7, 11) is 0. The highest BCUT2D eigenvalue weighted by Gasteiger charge is 2.19. The summed E-state index contributed by atoms with van der Waals surface area (Å²) in [6, 6.07) is 67.5. The van der Waals surface area contributed by atoms with Crippen LogP contribution in [0.25, 0.3) is 106 Å². The van der Waals surface area contributed by atoms with Gasteiger partial charge in [0.2, 0.25) is 0 Å². The summed E-state index contributed by atoms with van der Waals surface area (Å²) in [5, 5.41) is 4.50. The van der Waals surface area contributed by atoms with Gasteiger partial charge in [0, 0.05) is 38.4 Å². The number of aromatic nitrogens is 4. The second-order valence-corrected chi connectivity index (χ2v) is 14.0. The van der Waals surface area contributed by atoms with E-state index in [0.717, 1.165) is 66.6 Å². The molecule has 0 aliphatic carbocycles. The van der Waals surface area contributed by atoms with Crippen molar-refractivity contribution in [3.05, 3.63) is 194 Å². The van der Waals surface area contributed by atoms with Crippen LogP contribution in [0.15, 0.2) is 199 Å². The van der Waals surface area contributed by atoms with Crippen molar-refractivity contribution in [2.75, 3.05) is 0 Å².